The Morgan fingerprint density at radius 1 is 1.37 bits per heavy atom. The highest BCUT2D eigenvalue weighted by atomic mass is 32.1. The highest BCUT2D eigenvalue weighted by Gasteiger charge is 2.09. The van der Waals surface area contributed by atoms with Crippen LogP contribution in [0.2, 0.25) is 0 Å². The van der Waals surface area contributed by atoms with Crippen LogP contribution in [-0.2, 0) is 13.1 Å². The molecule has 2 aromatic rings. The lowest BCUT2D eigenvalue weighted by atomic mass is 10.4. The fraction of sp³-hybridized carbons (Fsp3) is 0.200. The van der Waals surface area contributed by atoms with Gasteiger partial charge in [-0.1, -0.05) is 5.16 Å². The van der Waals surface area contributed by atoms with E-state index in [2.05, 4.69) is 20.8 Å². The molecule has 0 fully saturated rings. The number of aromatic nitrogens is 2. The lowest BCUT2D eigenvalue weighted by Gasteiger charge is -2.03. The highest BCUT2D eigenvalue weighted by Crippen LogP contribution is 2.09. The third kappa shape index (κ3) is 3.78. The van der Waals surface area contributed by atoms with E-state index in [1.807, 2.05) is 0 Å². The number of nitrogens with one attached hydrogen (secondary N) is 2. The highest BCUT2D eigenvalue weighted by molar-refractivity contribution is 7.09. The number of hydrogen-bond donors (Lipinski definition) is 3. The summed E-state index contributed by atoms with van der Waals surface area (Å²) in [6.45, 7) is 0.393. The number of carbonyl (C=O) groups excluding carboxylic acids is 1. The van der Waals surface area contributed by atoms with Gasteiger partial charge in [0, 0.05) is 11.4 Å². The Kier molecular flexibility index (Phi) is 4.08. The van der Waals surface area contributed by atoms with E-state index in [9.17, 15) is 9.59 Å². The minimum Gasteiger partial charge on any atom is -0.476 e. The number of hydrogen-bond acceptors (Lipinski definition) is 6. The second-order valence-corrected chi connectivity index (χ2v) is 4.39. The third-order valence-electron chi connectivity index (χ3n) is 2.09. The average molecular weight is 282 g/mol. The Balaban J connectivity index is 1.75. The summed E-state index contributed by atoms with van der Waals surface area (Å²) < 4.78 is 4.81. The molecule has 2 rings (SSSR count). The van der Waals surface area contributed by atoms with Crippen molar-refractivity contribution in [2.24, 2.45) is 0 Å². The van der Waals surface area contributed by atoms with Gasteiger partial charge in [0.05, 0.1) is 19.3 Å². The molecule has 9 heteroatoms. The Labute approximate surface area is 111 Å². The quantitative estimate of drug-likeness (QED) is 0.747. The van der Waals surface area contributed by atoms with Crippen LogP contribution in [0.25, 0.3) is 0 Å². The first-order chi connectivity index (χ1) is 9.15. The smallest absolute Gasteiger partial charge is 0.355 e. The molecule has 8 nitrogen and oxygen atoms in total. The monoisotopic (exact) mass is 282 g/mol. The van der Waals surface area contributed by atoms with E-state index in [-0.39, 0.29) is 18.8 Å². The molecule has 100 valence electrons. The lowest BCUT2D eigenvalue weighted by Crippen LogP contribution is -2.34. The summed E-state index contributed by atoms with van der Waals surface area (Å²) >= 11 is 1.17. The number of carbonyl (C=O) groups is 2. The summed E-state index contributed by atoms with van der Waals surface area (Å²) in [5, 5.41) is 19.3. The molecule has 2 amide bonds. The van der Waals surface area contributed by atoms with Gasteiger partial charge in [-0.05, 0) is 0 Å². The predicted molar refractivity (Wildman–Crippen MR) is 64.7 cm³/mol. The maximum absolute atomic E-state index is 11.4. The first-order valence-corrected chi connectivity index (χ1v) is 6.12. The van der Waals surface area contributed by atoms with Crippen molar-refractivity contribution in [1.82, 2.24) is 20.8 Å². The molecule has 3 N–H and O–H groups in total. The van der Waals surface area contributed by atoms with Crippen molar-refractivity contribution in [2.75, 3.05) is 0 Å². The van der Waals surface area contributed by atoms with Crippen LogP contribution in [0.1, 0.15) is 21.3 Å². The number of urea groups is 1. The second-order valence-electron chi connectivity index (χ2n) is 3.45. The number of aromatic carboxylic acids is 1. The number of thiazole rings is 1. The fourth-order valence-electron chi connectivity index (χ4n) is 1.21. The van der Waals surface area contributed by atoms with E-state index in [0.717, 1.165) is 0 Å². The van der Waals surface area contributed by atoms with Crippen LogP contribution in [0, 0.1) is 0 Å². The number of amides is 2. The van der Waals surface area contributed by atoms with Crippen molar-refractivity contribution < 1.29 is 19.2 Å². The zero-order valence-electron chi connectivity index (χ0n) is 9.62. The topological polar surface area (TPSA) is 117 Å². The van der Waals surface area contributed by atoms with Gasteiger partial charge in [-0.3, -0.25) is 0 Å². The average Bonchev–Trinajstić information content (AvgIpc) is 3.05. The Hall–Kier alpha value is -2.42. The van der Waals surface area contributed by atoms with Gasteiger partial charge in [0.1, 0.15) is 5.01 Å². The molecule has 0 radical (unpaired) electrons. The largest absolute Gasteiger partial charge is 0.476 e. The molecule has 0 aliphatic carbocycles. The van der Waals surface area contributed by atoms with Crippen molar-refractivity contribution in [3.63, 3.8) is 0 Å². The van der Waals surface area contributed by atoms with E-state index < -0.39 is 12.0 Å². The van der Waals surface area contributed by atoms with Crippen LogP contribution in [0.15, 0.2) is 22.2 Å². The lowest BCUT2D eigenvalue weighted by molar-refractivity contribution is 0.0691. The van der Waals surface area contributed by atoms with E-state index in [4.69, 9.17) is 9.63 Å². The molecule has 0 saturated heterocycles. The Morgan fingerprint density at radius 2 is 2.16 bits per heavy atom. The molecule has 19 heavy (non-hydrogen) atoms. The molecule has 0 spiro atoms. The van der Waals surface area contributed by atoms with Crippen molar-refractivity contribution in [3.05, 3.63) is 34.1 Å². The summed E-state index contributed by atoms with van der Waals surface area (Å²) in [6, 6.07) is 1.24. The number of rotatable bonds is 5. The van der Waals surface area contributed by atoms with Crippen LogP contribution in [0.3, 0.4) is 0 Å². The first kappa shape index (κ1) is 13.0. The molecule has 0 bridgehead atoms. The zero-order chi connectivity index (χ0) is 13.7. The van der Waals surface area contributed by atoms with Gasteiger partial charge in [-0.25, -0.2) is 14.6 Å². The van der Waals surface area contributed by atoms with E-state index in [1.165, 1.54) is 22.9 Å². The minimum absolute atomic E-state index is 0.0242. The predicted octanol–water partition coefficient (Wildman–Crippen LogP) is 0.829. The molecule has 0 aromatic carbocycles. The molecular formula is C10H10N4O4S. The molecule has 2 aromatic heterocycles. The summed E-state index contributed by atoms with van der Waals surface area (Å²) in [7, 11) is 0. The van der Waals surface area contributed by atoms with E-state index >= 15 is 0 Å². The first-order valence-electron chi connectivity index (χ1n) is 5.24. The second kappa shape index (κ2) is 5.96. The van der Waals surface area contributed by atoms with Gasteiger partial charge >= 0.3 is 12.0 Å². The maximum Gasteiger partial charge on any atom is 0.355 e. The van der Waals surface area contributed by atoms with Crippen LogP contribution >= 0.6 is 11.3 Å². The molecule has 0 aliphatic heterocycles. The molecule has 0 saturated carbocycles. The molecule has 0 atom stereocenters. The van der Waals surface area contributed by atoms with E-state index in [1.54, 1.807) is 6.07 Å². The number of carboxylic acids is 1. The van der Waals surface area contributed by atoms with Gasteiger partial charge in [-0.2, -0.15) is 0 Å². The van der Waals surface area contributed by atoms with E-state index in [0.29, 0.717) is 10.8 Å². The van der Waals surface area contributed by atoms with Gasteiger partial charge in [-0.15, -0.1) is 11.3 Å². The van der Waals surface area contributed by atoms with Gasteiger partial charge in [0.15, 0.2) is 11.5 Å². The maximum atomic E-state index is 11.4. The minimum atomic E-state index is -1.09. The third-order valence-corrected chi connectivity index (χ3v) is 2.93. The molecular weight excluding hydrogens is 272 g/mol. The van der Waals surface area contributed by atoms with Gasteiger partial charge in [0.2, 0.25) is 0 Å². The van der Waals surface area contributed by atoms with Crippen LogP contribution in [0.4, 0.5) is 4.79 Å². The SMILES string of the molecule is O=C(NCc1ccno1)NCc1nc(C(=O)O)cs1. The fourth-order valence-corrected chi connectivity index (χ4v) is 1.92. The summed E-state index contributed by atoms with van der Waals surface area (Å²) in [5.41, 5.74) is -0.0242. The van der Waals surface area contributed by atoms with Crippen molar-refractivity contribution in [3.8, 4) is 0 Å². The molecule has 2 heterocycles. The number of carboxylic acid groups (broad SMARTS) is 1. The van der Waals surface area contributed by atoms with Gasteiger partial charge < -0.3 is 20.3 Å². The Bertz CT molecular complexity index is 566. The van der Waals surface area contributed by atoms with Crippen molar-refractivity contribution in [1.29, 1.82) is 0 Å². The standard InChI is InChI=1S/C10H10N4O4S/c15-9(16)7-5-19-8(14-7)4-12-10(17)11-3-6-1-2-13-18-6/h1-2,5H,3-4H2,(H,15,16)(H2,11,12,17). The van der Waals surface area contributed by atoms with Crippen molar-refractivity contribution in [2.45, 2.75) is 13.1 Å². The van der Waals surface area contributed by atoms with Crippen LogP contribution in [-0.4, -0.2) is 27.2 Å². The summed E-state index contributed by atoms with van der Waals surface area (Å²) in [4.78, 5) is 25.9. The summed E-state index contributed by atoms with van der Waals surface area (Å²) in [6.07, 6.45) is 1.48. The molecule has 0 aliphatic rings. The Morgan fingerprint density at radius 3 is 2.79 bits per heavy atom. The number of nitrogens with zero attached hydrogens (tertiary/aromatic N) is 2. The normalized spacial score (nSPS) is 10.1. The van der Waals surface area contributed by atoms with Crippen LogP contribution < -0.4 is 10.6 Å². The molecule has 0 unspecified atom stereocenters. The summed E-state index contributed by atoms with van der Waals surface area (Å²) in [5.74, 6) is -0.546. The van der Waals surface area contributed by atoms with Crippen LogP contribution in [0.5, 0.6) is 0 Å². The zero-order valence-corrected chi connectivity index (χ0v) is 10.4. The van der Waals surface area contributed by atoms with Gasteiger partial charge in [0.25, 0.3) is 0 Å². The van der Waals surface area contributed by atoms with Crippen molar-refractivity contribution >= 4 is 23.3 Å².